The molecule has 190 valence electrons. The molecule has 0 radical (unpaired) electrons. The quantitative estimate of drug-likeness (QED) is 0.567. The Morgan fingerprint density at radius 1 is 1.21 bits per heavy atom. The van der Waals surface area contributed by atoms with E-state index in [-0.39, 0.29) is 25.0 Å². The number of carbonyl (C=O) groups is 1. The van der Waals surface area contributed by atoms with Gasteiger partial charge in [0.05, 0.1) is 11.5 Å². The molecule has 0 bridgehead atoms. The average molecular weight is 485 g/mol. The van der Waals surface area contributed by atoms with E-state index in [1.54, 1.807) is 4.90 Å². The molecule has 34 heavy (non-hydrogen) atoms. The second-order valence-corrected chi connectivity index (χ2v) is 10.5. The van der Waals surface area contributed by atoms with E-state index in [9.17, 15) is 28.2 Å². The summed E-state index contributed by atoms with van der Waals surface area (Å²) in [6.45, 7) is 5.78. The van der Waals surface area contributed by atoms with Gasteiger partial charge in [-0.1, -0.05) is 19.9 Å². The minimum absolute atomic E-state index is 0.0708. The van der Waals surface area contributed by atoms with E-state index in [0.29, 0.717) is 17.2 Å². The van der Waals surface area contributed by atoms with Crippen LogP contribution in [0.4, 0.5) is 13.2 Å². The van der Waals surface area contributed by atoms with E-state index >= 15 is 0 Å². The Labute approximate surface area is 198 Å². The molecule has 1 aliphatic carbocycles. The second-order valence-electron chi connectivity index (χ2n) is 10.5. The summed E-state index contributed by atoms with van der Waals surface area (Å²) in [6, 6.07) is 3.89. The molecule has 6 nitrogen and oxygen atoms in total. The van der Waals surface area contributed by atoms with Crippen molar-refractivity contribution in [2.75, 3.05) is 19.8 Å². The van der Waals surface area contributed by atoms with Crippen molar-refractivity contribution in [3.63, 3.8) is 0 Å². The van der Waals surface area contributed by atoms with Crippen molar-refractivity contribution in [1.29, 1.82) is 0 Å². The van der Waals surface area contributed by atoms with Crippen LogP contribution in [0.2, 0.25) is 0 Å². The van der Waals surface area contributed by atoms with Crippen LogP contribution in [0.25, 0.3) is 0 Å². The Hall–Kier alpha value is -1.68. The van der Waals surface area contributed by atoms with E-state index < -0.39 is 35.3 Å². The lowest BCUT2D eigenvalue weighted by atomic mass is 9.72. The van der Waals surface area contributed by atoms with Gasteiger partial charge in [-0.25, -0.2) is 0 Å². The molecule has 1 saturated heterocycles. The maximum absolute atomic E-state index is 13.3. The smallest absolute Gasteiger partial charge is 0.416 e. The van der Waals surface area contributed by atoms with Gasteiger partial charge in [0.1, 0.15) is 6.23 Å². The van der Waals surface area contributed by atoms with Crippen LogP contribution < -0.4 is 5.32 Å². The molecule has 1 aromatic rings. The van der Waals surface area contributed by atoms with Gasteiger partial charge in [-0.3, -0.25) is 9.69 Å². The van der Waals surface area contributed by atoms with Crippen molar-refractivity contribution in [3.05, 3.63) is 34.9 Å². The fourth-order valence-corrected chi connectivity index (χ4v) is 6.14. The lowest BCUT2D eigenvalue weighted by molar-refractivity contribution is -0.146. The zero-order valence-electron chi connectivity index (χ0n) is 19.8. The Bertz CT molecular complexity index is 887. The lowest BCUT2D eigenvalue weighted by Crippen LogP contribution is -2.53. The molecule has 2 aliphatic heterocycles. The van der Waals surface area contributed by atoms with Crippen molar-refractivity contribution in [3.8, 4) is 0 Å². The van der Waals surface area contributed by atoms with Crippen LogP contribution in [0, 0.1) is 11.3 Å². The molecule has 3 aliphatic rings. The van der Waals surface area contributed by atoms with Crippen molar-refractivity contribution >= 4 is 5.97 Å². The van der Waals surface area contributed by atoms with Gasteiger partial charge < -0.3 is 20.3 Å². The fourth-order valence-electron chi connectivity index (χ4n) is 6.14. The minimum atomic E-state index is -4.51. The lowest BCUT2D eigenvalue weighted by Gasteiger charge is -2.46. The number of nitrogens with one attached hydrogen (secondary N) is 1. The third-order valence-corrected chi connectivity index (χ3v) is 8.22. The van der Waals surface area contributed by atoms with E-state index in [2.05, 4.69) is 19.2 Å². The summed E-state index contributed by atoms with van der Waals surface area (Å²) in [5.41, 5.74) is -0.549. The summed E-state index contributed by atoms with van der Waals surface area (Å²) in [7, 11) is 0. The number of alkyl halides is 3. The van der Waals surface area contributed by atoms with Crippen molar-refractivity contribution < 1.29 is 32.9 Å². The molecule has 0 aromatic heterocycles. The van der Waals surface area contributed by atoms with Gasteiger partial charge in [0.2, 0.25) is 0 Å². The Balaban J connectivity index is 1.56. The van der Waals surface area contributed by atoms with E-state index in [1.807, 2.05) is 0 Å². The van der Waals surface area contributed by atoms with Crippen molar-refractivity contribution in [2.24, 2.45) is 11.3 Å². The van der Waals surface area contributed by atoms with Crippen LogP contribution in [0.3, 0.4) is 0 Å². The number of fused-ring (bicyclic) bond motifs is 1. The van der Waals surface area contributed by atoms with Gasteiger partial charge in [0, 0.05) is 43.8 Å². The third kappa shape index (κ3) is 4.98. The molecular formula is C25H35F3N2O4. The standard InChI is InChI=1S/C25H35F3N2O4/c1-15(2)24(8-5-19(12-24)29-18-6-9-34-10-7-18)23(33)30-13-16-11-17(25(26,27)28)3-4-20(16)21(14-30)22(31)32/h3-4,11,15,18-19,21,23,29,33H,5-10,12-14H2,1-2H3,(H,31,32)/t19-,21?,23?,24+/m1/s1. The number of nitrogens with zero attached hydrogens (tertiary/aromatic N) is 1. The minimum Gasteiger partial charge on any atom is -0.481 e. The van der Waals surface area contributed by atoms with Crippen molar-refractivity contribution in [2.45, 2.75) is 82.9 Å². The zero-order chi connectivity index (χ0) is 24.7. The van der Waals surface area contributed by atoms with Crippen molar-refractivity contribution in [1.82, 2.24) is 10.2 Å². The summed E-state index contributed by atoms with van der Waals surface area (Å²) in [4.78, 5) is 13.7. The number of halogens is 3. The summed E-state index contributed by atoms with van der Waals surface area (Å²) < 4.78 is 45.4. The molecule has 0 spiro atoms. The highest BCUT2D eigenvalue weighted by Gasteiger charge is 2.50. The van der Waals surface area contributed by atoms with E-state index in [0.717, 1.165) is 57.5 Å². The Morgan fingerprint density at radius 3 is 2.53 bits per heavy atom. The summed E-state index contributed by atoms with van der Waals surface area (Å²) in [5.74, 6) is -1.96. The highest BCUT2D eigenvalue weighted by atomic mass is 19.4. The predicted molar refractivity (Wildman–Crippen MR) is 120 cm³/mol. The van der Waals surface area contributed by atoms with Crippen LogP contribution in [-0.2, 0) is 22.3 Å². The number of aliphatic carboxylic acids is 1. The molecule has 2 heterocycles. The number of aliphatic hydroxyl groups excluding tert-OH is 1. The molecule has 4 rings (SSSR count). The molecule has 3 N–H and O–H groups in total. The molecule has 4 atom stereocenters. The molecule has 2 fully saturated rings. The number of carboxylic acid groups (broad SMARTS) is 1. The van der Waals surface area contributed by atoms with E-state index in [4.69, 9.17) is 4.74 Å². The first-order chi connectivity index (χ1) is 16.0. The normalized spacial score (nSPS) is 29.9. The van der Waals surface area contributed by atoms with Gasteiger partial charge in [0.25, 0.3) is 0 Å². The van der Waals surface area contributed by atoms with Gasteiger partial charge >= 0.3 is 12.1 Å². The number of hydrogen-bond donors (Lipinski definition) is 3. The van der Waals surface area contributed by atoms with Crippen LogP contribution in [0.1, 0.15) is 68.6 Å². The maximum atomic E-state index is 13.3. The van der Waals surface area contributed by atoms with Crippen LogP contribution in [-0.4, -0.2) is 59.2 Å². The van der Waals surface area contributed by atoms with Gasteiger partial charge in [-0.15, -0.1) is 0 Å². The monoisotopic (exact) mass is 484 g/mol. The number of hydrogen-bond acceptors (Lipinski definition) is 5. The molecule has 2 unspecified atom stereocenters. The zero-order valence-corrected chi connectivity index (χ0v) is 19.8. The van der Waals surface area contributed by atoms with Gasteiger partial charge in [-0.2, -0.15) is 13.2 Å². The summed E-state index contributed by atoms with van der Waals surface area (Å²) in [6.07, 6.45) is -1.13. The molecule has 9 heteroatoms. The summed E-state index contributed by atoms with van der Waals surface area (Å²) >= 11 is 0. The summed E-state index contributed by atoms with van der Waals surface area (Å²) in [5, 5.41) is 25.2. The van der Waals surface area contributed by atoms with Gasteiger partial charge in [0.15, 0.2) is 0 Å². The molecule has 0 amide bonds. The molecular weight excluding hydrogens is 449 g/mol. The van der Waals surface area contributed by atoms with Crippen LogP contribution in [0.15, 0.2) is 18.2 Å². The van der Waals surface area contributed by atoms with E-state index in [1.165, 1.54) is 6.07 Å². The van der Waals surface area contributed by atoms with Gasteiger partial charge in [-0.05, 0) is 61.3 Å². The first-order valence-electron chi connectivity index (χ1n) is 12.2. The Kier molecular flexibility index (Phi) is 7.29. The predicted octanol–water partition coefficient (Wildman–Crippen LogP) is 3.97. The first kappa shape index (κ1) is 25.4. The highest BCUT2D eigenvalue weighted by Crippen LogP contribution is 2.49. The largest absolute Gasteiger partial charge is 0.481 e. The Morgan fingerprint density at radius 2 is 1.91 bits per heavy atom. The number of ether oxygens (including phenoxy) is 1. The molecule has 1 aromatic carbocycles. The number of benzene rings is 1. The third-order valence-electron chi connectivity index (χ3n) is 8.22. The van der Waals surface area contributed by atoms with Crippen LogP contribution in [0.5, 0.6) is 0 Å². The number of carboxylic acids is 1. The maximum Gasteiger partial charge on any atom is 0.416 e. The number of rotatable bonds is 6. The second kappa shape index (κ2) is 9.76. The fraction of sp³-hybridized carbons (Fsp3) is 0.720. The number of aliphatic hydroxyl groups is 1. The SMILES string of the molecule is CC(C)[C@]1(C(O)N2Cc3cc(C(F)(F)F)ccc3C(C(=O)O)C2)CC[C@@H](NC2CCOCC2)C1. The highest BCUT2D eigenvalue weighted by molar-refractivity contribution is 5.77. The topological polar surface area (TPSA) is 82.0 Å². The van der Waals surface area contributed by atoms with Crippen LogP contribution >= 0.6 is 0 Å². The first-order valence-corrected chi connectivity index (χ1v) is 12.2. The average Bonchev–Trinajstić information content (AvgIpc) is 3.22. The molecule has 1 saturated carbocycles.